The molecule has 0 spiro atoms. The molecule has 0 bridgehead atoms. The van der Waals surface area contributed by atoms with Crippen molar-refractivity contribution in [2.24, 2.45) is 0 Å². The van der Waals surface area contributed by atoms with Crippen molar-refractivity contribution in [3.05, 3.63) is 29.6 Å². The Labute approximate surface area is 102 Å². The third kappa shape index (κ3) is 5.65. The maximum absolute atomic E-state index is 13.3. The molecule has 0 atom stereocenters. The van der Waals surface area contributed by atoms with E-state index in [4.69, 9.17) is 15.2 Å². The van der Waals surface area contributed by atoms with Gasteiger partial charge in [-0.1, -0.05) is 19.4 Å². The molecule has 17 heavy (non-hydrogen) atoms. The van der Waals surface area contributed by atoms with Gasteiger partial charge in [-0.25, -0.2) is 4.39 Å². The molecule has 96 valence electrons. The third-order valence-electron chi connectivity index (χ3n) is 2.35. The molecule has 0 unspecified atom stereocenters. The number of rotatable bonds is 8. The first-order chi connectivity index (χ1) is 8.24. The molecule has 1 aromatic rings. The number of benzene rings is 1. The molecule has 0 aliphatic heterocycles. The largest absolute Gasteiger partial charge is 0.399 e. The predicted octanol–water partition coefficient (Wildman–Crippen LogP) is 2.74. The summed E-state index contributed by atoms with van der Waals surface area (Å²) < 4.78 is 24.0. The smallest absolute Gasteiger partial charge is 0.130 e. The molecule has 1 rings (SSSR count). The van der Waals surface area contributed by atoms with Crippen molar-refractivity contribution in [3.8, 4) is 0 Å². The zero-order valence-corrected chi connectivity index (χ0v) is 10.2. The van der Waals surface area contributed by atoms with Crippen LogP contribution in [0.15, 0.2) is 18.2 Å². The lowest BCUT2D eigenvalue weighted by atomic mass is 10.2. The molecule has 0 saturated heterocycles. The second-order valence-corrected chi connectivity index (χ2v) is 3.87. The van der Waals surface area contributed by atoms with Crippen molar-refractivity contribution in [1.29, 1.82) is 0 Å². The van der Waals surface area contributed by atoms with Crippen molar-refractivity contribution >= 4 is 5.69 Å². The Balaban J connectivity index is 2.14. The van der Waals surface area contributed by atoms with Gasteiger partial charge in [-0.2, -0.15) is 0 Å². The van der Waals surface area contributed by atoms with Crippen molar-refractivity contribution in [2.75, 3.05) is 25.6 Å². The number of nitrogens with two attached hydrogens (primary N) is 1. The van der Waals surface area contributed by atoms with Crippen LogP contribution in [0.5, 0.6) is 0 Å². The average Bonchev–Trinajstić information content (AvgIpc) is 2.30. The summed E-state index contributed by atoms with van der Waals surface area (Å²) in [6.07, 6.45) is 2.18. The minimum atomic E-state index is -0.322. The van der Waals surface area contributed by atoms with E-state index in [0.29, 0.717) is 24.5 Å². The molecule has 1 aromatic carbocycles. The predicted molar refractivity (Wildman–Crippen MR) is 66.2 cm³/mol. The van der Waals surface area contributed by atoms with Crippen molar-refractivity contribution in [2.45, 2.75) is 26.4 Å². The van der Waals surface area contributed by atoms with Gasteiger partial charge in [-0.05, 0) is 18.6 Å². The fourth-order valence-electron chi connectivity index (χ4n) is 1.33. The van der Waals surface area contributed by atoms with Crippen molar-refractivity contribution in [1.82, 2.24) is 0 Å². The van der Waals surface area contributed by atoms with E-state index in [1.165, 1.54) is 6.07 Å². The van der Waals surface area contributed by atoms with Gasteiger partial charge < -0.3 is 15.2 Å². The molecular weight excluding hydrogens is 221 g/mol. The van der Waals surface area contributed by atoms with Crippen molar-refractivity contribution in [3.63, 3.8) is 0 Å². The fourth-order valence-corrected chi connectivity index (χ4v) is 1.33. The number of hydrogen-bond donors (Lipinski definition) is 1. The van der Waals surface area contributed by atoms with Crippen LogP contribution < -0.4 is 5.73 Å². The molecule has 0 saturated carbocycles. The summed E-state index contributed by atoms with van der Waals surface area (Å²) in [6.45, 7) is 4.16. The average molecular weight is 241 g/mol. The fraction of sp³-hybridized carbons (Fsp3) is 0.538. The van der Waals surface area contributed by atoms with Gasteiger partial charge in [0.05, 0.1) is 19.8 Å². The Morgan fingerprint density at radius 3 is 2.65 bits per heavy atom. The second-order valence-electron chi connectivity index (χ2n) is 3.87. The van der Waals surface area contributed by atoms with E-state index in [-0.39, 0.29) is 12.4 Å². The molecule has 4 heteroatoms. The summed E-state index contributed by atoms with van der Waals surface area (Å²) in [7, 11) is 0. The minimum Gasteiger partial charge on any atom is -0.399 e. The standard InChI is InChI=1S/C13H20FNO2/c1-2-3-6-16-7-8-17-10-11-4-5-12(15)9-13(11)14/h4-5,9H,2-3,6-8,10,15H2,1H3. The zero-order chi connectivity index (χ0) is 12.5. The number of halogens is 1. The highest BCUT2D eigenvalue weighted by molar-refractivity contribution is 5.40. The molecule has 0 aliphatic rings. The highest BCUT2D eigenvalue weighted by atomic mass is 19.1. The van der Waals surface area contributed by atoms with Gasteiger partial charge in [-0.15, -0.1) is 0 Å². The summed E-state index contributed by atoms with van der Waals surface area (Å²) in [4.78, 5) is 0. The summed E-state index contributed by atoms with van der Waals surface area (Å²) in [5.74, 6) is -0.322. The first kappa shape index (κ1) is 13.9. The third-order valence-corrected chi connectivity index (χ3v) is 2.35. The van der Waals surface area contributed by atoms with Gasteiger partial charge in [0.25, 0.3) is 0 Å². The van der Waals surface area contributed by atoms with E-state index in [9.17, 15) is 4.39 Å². The lowest BCUT2D eigenvalue weighted by Gasteiger charge is -2.06. The Morgan fingerprint density at radius 1 is 1.18 bits per heavy atom. The van der Waals surface area contributed by atoms with Gasteiger partial charge in [0.15, 0.2) is 0 Å². The van der Waals surface area contributed by atoms with Crippen LogP contribution in [-0.2, 0) is 16.1 Å². The lowest BCUT2D eigenvalue weighted by molar-refractivity contribution is 0.0388. The van der Waals surface area contributed by atoms with Gasteiger partial charge in [-0.3, -0.25) is 0 Å². The van der Waals surface area contributed by atoms with Gasteiger partial charge in [0.1, 0.15) is 5.82 Å². The Morgan fingerprint density at radius 2 is 1.94 bits per heavy atom. The quantitative estimate of drug-likeness (QED) is 0.562. The van der Waals surface area contributed by atoms with Gasteiger partial charge >= 0.3 is 0 Å². The topological polar surface area (TPSA) is 44.5 Å². The molecule has 0 aliphatic carbocycles. The monoisotopic (exact) mass is 241 g/mol. The first-order valence-electron chi connectivity index (χ1n) is 5.93. The minimum absolute atomic E-state index is 0.253. The van der Waals surface area contributed by atoms with Crippen LogP contribution in [0.3, 0.4) is 0 Å². The van der Waals surface area contributed by atoms with Crippen LogP contribution in [0.2, 0.25) is 0 Å². The Hall–Kier alpha value is -1.13. The molecule has 2 N–H and O–H groups in total. The van der Waals surface area contributed by atoms with E-state index in [1.807, 2.05) is 0 Å². The number of hydrogen-bond acceptors (Lipinski definition) is 3. The summed E-state index contributed by atoms with van der Waals surface area (Å²) >= 11 is 0. The molecule has 0 heterocycles. The molecule has 0 aromatic heterocycles. The van der Waals surface area contributed by atoms with Crippen LogP contribution in [0, 0.1) is 5.82 Å². The highest BCUT2D eigenvalue weighted by Crippen LogP contribution is 2.12. The molecule has 0 radical (unpaired) electrons. The van der Waals surface area contributed by atoms with E-state index < -0.39 is 0 Å². The number of nitrogen functional groups attached to an aromatic ring is 1. The van der Waals surface area contributed by atoms with Crippen LogP contribution in [0.4, 0.5) is 10.1 Å². The molecular formula is C13H20FNO2. The molecule has 3 nitrogen and oxygen atoms in total. The van der Waals surface area contributed by atoms with Gasteiger partial charge in [0, 0.05) is 17.9 Å². The Kier molecular flexibility index (Phi) is 6.58. The second kappa shape index (κ2) is 8.03. The zero-order valence-electron chi connectivity index (χ0n) is 10.2. The Bertz CT molecular complexity index is 331. The summed E-state index contributed by atoms with van der Waals surface area (Å²) in [5.41, 5.74) is 6.40. The van der Waals surface area contributed by atoms with E-state index in [1.54, 1.807) is 12.1 Å². The van der Waals surface area contributed by atoms with Crippen LogP contribution in [0.1, 0.15) is 25.3 Å². The van der Waals surface area contributed by atoms with Gasteiger partial charge in [0.2, 0.25) is 0 Å². The van der Waals surface area contributed by atoms with E-state index >= 15 is 0 Å². The number of anilines is 1. The SMILES string of the molecule is CCCCOCCOCc1ccc(N)cc1F. The van der Waals surface area contributed by atoms with E-state index in [0.717, 1.165) is 19.4 Å². The van der Waals surface area contributed by atoms with E-state index in [2.05, 4.69) is 6.92 Å². The number of ether oxygens (including phenoxy) is 2. The maximum Gasteiger partial charge on any atom is 0.130 e. The number of unbranched alkanes of at least 4 members (excludes halogenated alkanes) is 1. The normalized spacial score (nSPS) is 10.7. The first-order valence-corrected chi connectivity index (χ1v) is 5.93. The van der Waals surface area contributed by atoms with Crippen LogP contribution in [0.25, 0.3) is 0 Å². The summed E-state index contributed by atoms with van der Waals surface area (Å²) in [5, 5.41) is 0. The van der Waals surface area contributed by atoms with Crippen LogP contribution >= 0.6 is 0 Å². The molecule has 0 amide bonds. The summed E-state index contributed by atoms with van der Waals surface area (Å²) in [6, 6.07) is 4.61. The molecule has 0 fully saturated rings. The maximum atomic E-state index is 13.3. The van der Waals surface area contributed by atoms with Crippen molar-refractivity contribution < 1.29 is 13.9 Å². The highest BCUT2D eigenvalue weighted by Gasteiger charge is 2.02. The van der Waals surface area contributed by atoms with Crippen LogP contribution in [-0.4, -0.2) is 19.8 Å². The lowest BCUT2D eigenvalue weighted by Crippen LogP contribution is -2.06.